The molecule has 6 atom stereocenters. The fourth-order valence-electron chi connectivity index (χ4n) is 3.26. The highest BCUT2D eigenvalue weighted by Crippen LogP contribution is 2.45. The lowest BCUT2D eigenvalue weighted by Gasteiger charge is -2.38. The number of hydrogen-bond donors (Lipinski definition) is 1. The Labute approximate surface area is 116 Å². The molecule has 1 aliphatic carbocycles. The lowest BCUT2D eigenvalue weighted by Crippen LogP contribution is -2.60. The van der Waals surface area contributed by atoms with E-state index in [0.29, 0.717) is 0 Å². The summed E-state index contributed by atoms with van der Waals surface area (Å²) in [6.45, 7) is 7.03. The summed E-state index contributed by atoms with van der Waals surface area (Å²) >= 11 is 0. The average Bonchev–Trinajstić information content (AvgIpc) is 2.81. The predicted octanol–water partition coefficient (Wildman–Crippen LogP) is 1.08. The Kier molecular flexibility index (Phi) is 3.02. The van der Waals surface area contributed by atoms with E-state index in [1.807, 2.05) is 0 Å². The number of nitrogens with zero attached hydrogens (tertiary/aromatic N) is 3. The van der Waals surface area contributed by atoms with Crippen LogP contribution in [0.4, 0.5) is 0 Å². The number of ether oxygens (including phenoxy) is 4. The zero-order valence-corrected chi connectivity index (χ0v) is 11.9. The standard InChI is InChI=1S/C12H19N3O5/c1-11(2)17-7-5(14-15-13)8-10(6(16)9(7)19-11)20-12(3,4)18-8/h5-10,16H,1-4H3/t5?,6?,7-,8-,9-,10+/m1/s1. The number of azide groups is 1. The first-order chi connectivity index (χ1) is 9.24. The van der Waals surface area contributed by atoms with Crippen LogP contribution in [0.15, 0.2) is 5.11 Å². The number of aliphatic hydroxyl groups is 1. The highest BCUT2D eigenvalue weighted by Gasteiger charge is 2.62. The molecule has 0 radical (unpaired) electrons. The van der Waals surface area contributed by atoms with Crippen LogP contribution in [0.5, 0.6) is 0 Å². The Balaban J connectivity index is 1.96. The molecule has 2 saturated heterocycles. The molecule has 8 heteroatoms. The van der Waals surface area contributed by atoms with Crippen LogP contribution in [0.2, 0.25) is 0 Å². The first-order valence-corrected chi connectivity index (χ1v) is 6.68. The fourth-order valence-corrected chi connectivity index (χ4v) is 3.26. The van der Waals surface area contributed by atoms with E-state index >= 15 is 0 Å². The van der Waals surface area contributed by atoms with Crippen LogP contribution in [0, 0.1) is 0 Å². The van der Waals surface area contributed by atoms with Gasteiger partial charge in [-0.25, -0.2) is 0 Å². The Morgan fingerprint density at radius 3 is 1.70 bits per heavy atom. The minimum absolute atomic E-state index is 0.547. The molecule has 0 aromatic heterocycles. The van der Waals surface area contributed by atoms with Crippen molar-refractivity contribution in [3.8, 4) is 0 Å². The van der Waals surface area contributed by atoms with Gasteiger partial charge in [0.05, 0.1) is 6.04 Å². The predicted molar refractivity (Wildman–Crippen MR) is 66.6 cm³/mol. The first-order valence-electron chi connectivity index (χ1n) is 6.68. The Morgan fingerprint density at radius 2 is 1.30 bits per heavy atom. The van der Waals surface area contributed by atoms with Crippen LogP contribution in [0.3, 0.4) is 0 Å². The summed E-state index contributed by atoms with van der Waals surface area (Å²) in [4.78, 5) is 2.87. The summed E-state index contributed by atoms with van der Waals surface area (Å²) in [6.07, 6.45) is -3.18. The Bertz CT molecular complexity index is 430. The third-order valence-electron chi connectivity index (χ3n) is 3.86. The average molecular weight is 285 g/mol. The molecule has 2 unspecified atom stereocenters. The van der Waals surface area contributed by atoms with Gasteiger partial charge < -0.3 is 24.1 Å². The van der Waals surface area contributed by atoms with E-state index in [9.17, 15) is 5.11 Å². The van der Waals surface area contributed by atoms with Crippen molar-refractivity contribution in [3.63, 3.8) is 0 Å². The lowest BCUT2D eigenvalue weighted by atomic mass is 9.84. The number of fused-ring (bicyclic) bond motifs is 2. The van der Waals surface area contributed by atoms with Crippen LogP contribution < -0.4 is 0 Å². The molecule has 0 aromatic rings. The molecule has 2 aliphatic heterocycles. The summed E-state index contributed by atoms with van der Waals surface area (Å²) in [5.41, 5.74) is 8.79. The second kappa shape index (κ2) is 4.30. The Hall–Kier alpha value is -0.890. The normalized spacial score (nSPS) is 48.2. The van der Waals surface area contributed by atoms with Crippen LogP contribution in [0.25, 0.3) is 10.4 Å². The molecule has 0 spiro atoms. The minimum Gasteiger partial charge on any atom is -0.387 e. The SMILES string of the molecule is CC1(C)O[C@@H]2C(N=[N+]=[N-])[C@H]3OC(C)(C)O[C@H]3C(O)[C@H]2O1. The van der Waals surface area contributed by atoms with Gasteiger partial charge in [-0.15, -0.1) is 0 Å². The zero-order chi connectivity index (χ0) is 14.7. The van der Waals surface area contributed by atoms with Gasteiger partial charge in [0.25, 0.3) is 0 Å². The molecule has 8 nitrogen and oxygen atoms in total. The van der Waals surface area contributed by atoms with Crippen LogP contribution in [0.1, 0.15) is 27.7 Å². The maximum atomic E-state index is 10.5. The van der Waals surface area contributed by atoms with E-state index in [1.165, 1.54) is 0 Å². The number of rotatable bonds is 1. The van der Waals surface area contributed by atoms with Crippen molar-refractivity contribution in [1.29, 1.82) is 0 Å². The van der Waals surface area contributed by atoms with E-state index in [0.717, 1.165) is 0 Å². The van der Waals surface area contributed by atoms with Gasteiger partial charge >= 0.3 is 0 Å². The molecular weight excluding hydrogens is 266 g/mol. The molecule has 0 amide bonds. The van der Waals surface area contributed by atoms with E-state index in [4.69, 9.17) is 24.5 Å². The second-order valence-corrected chi connectivity index (χ2v) is 6.32. The first kappa shape index (κ1) is 14.1. The molecule has 112 valence electrons. The quantitative estimate of drug-likeness (QED) is 0.441. The van der Waals surface area contributed by atoms with Crippen molar-refractivity contribution in [2.45, 2.75) is 75.8 Å². The molecule has 3 rings (SSSR count). The lowest BCUT2D eigenvalue weighted by molar-refractivity contribution is -0.179. The summed E-state index contributed by atoms with van der Waals surface area (Å²) < 4.78 is 23.0. The van der Waals surface area contributed by atoms with Crippen LogP contribution >= 0.6 is 0 Å². The molecule has 3 fully saturated rings. The molecule has 0 aromatic carbocycles. The van der Waals surface area contributed by atoms with E-state index < -0.39 is 48.1 Å². The van der Waals surface area contributed by atoms with Crippen LogP contribution in [-0.4, -0.2) is 53.2 Å². The van der Waals surface area contributed by atoms with Gasteiger partial charge in [-0.1, -0.05) is 5.11 Å². The van der Waals surface area contributed by atoms with Gasteiger partial charge in [0.1, 0.15) is 30.5 Å². The topological polar surface area (TPSA) is 106 Å². The summed E-state index contributed by atoms with van der Waals surface area (Å²) in [5, 5.41) is 14.2. The largest absolute Gasteiger partial charge is 0.387 e. The second-order valence-electron chi connectivity index (χ2n) is 6.32. The van der Waals surface area contributed by atoms with Gasteiger partial charge in [-0.05, 0) is 33.2 Å². The molecule has 1 N–H and O–H groups in total. The van der Waals surface area contributed by atoms with E-state index in [1.54, 1.807) is 27.7 Å². The van der Waals surface area contributed by atoms with E-state index in [-0.39, 0.29) is 0 Å². The fraction of sp³-hybridized carbons (Fsp3) is 1.00. The third kappa shape index (κ3) is 2.09. The van der Waals surface area contributed by atoms with Gasteiger partial charge in [0, 0.05) is 4.91 Å². The van der Waals surface area contributed by atoms with Crippen molar-refractivity contribution in [3.05, 3.63) is 10.4 Å². The maximum Gasteiger partial charge on any atom is 0.163 e. The summed E-state index contributed by atoms with van der Waals surface area (Å²) in [5.74, 6) is -1.68. The molecule has 2 heterocycles. The molecular formula is C12H19N3O5. The Morgan fingerprint density at radius 1 is 0.900 bits per heavy atom. The van der Waals surface area contributed by atoms with Crippen molar-refractivity contribution >= 4 is 0 Å². The van der Waals surface area contributed by atoms with Crippen molar-refractivity contribution < 1.29 is 24.1 Å². The third-order valence-corrected chi connectivity index (χ3v) is 3.86. The molecule has 1 saturated carbocycles. The summed E-state index contributed by atoms with van der Waals surface area (Å²) in [7, 11) is 0. The van der Waals surface area contributed by atoms with Gasteiger partial charge in [0.15, 0.2) is 11.6 Å². The van der Waals surface area contributed by atoms with Crippen molar-refractivity contribution in [2.24, 2.45) is 5.11 Å². The van der Waals surface area contributed by atoms with Crippen molar-refractivity contribution in [1.82, 2.24) is 0 Å². The number of hydrogen-bond acceptors (Lipinski definition) is 6. The van der Waals surface area contributed by atoms with E-state index in [2.05, 4.69) is 10.0 Å². The summed E-state index contributed by atoms with van der Waals surface area (Å²) in [6, 6.07) is -0.595. The van der Waals surface area contributed by atoms with Gasteiger partial charge in [-0.2, -0.15) is 0 Å². The van der Waals surface area contributed by atoms with Gasteiger partial charge in [-0.3, -0.25) is 0 Å². The highest BCUT2D eigenvalue weighted by molar-refractivity contribution is 5.10. The van der Waals surface area contributed by atoms with Crippen molar-refractivity contribution in [2.75, 3.05) is 0 Å². The van der Waals surface area contributed by atoms with Crippen LogP contribution in [-0.2, 0) is 18.9 Å². The molecule has 3 aliphatic rings. The maximum absolute atomic E-state index is 10.5. The van der Waals surface area contributed by atoms with Gasteiger partial charge in [0.2, 0.25) is 0 Å². The highest BCUT2D eigenvalue weighted by atomic mass is 16.8. The zero-order valence-electron chi connectivity index (χ0n) is 11.9. The molecule has 20 heavy (non-hydrogen) atoms. The smallest absolute Gasteiger partial charge is 0.163 e. The minimum atomic E-state index is -0.890. The number of aliphatic hydroxyl groups excluding tert-OH is 1. The molecule has 0 bridgehead atoms. The monoisotopic (exact) mass is 285 g/mol.